The maximum Gasteiger partial charge on any atom is 0.0713 e. The van der Waals surface area contributed by atoms with Gasteiger partial charge in [0.05, 0.1) is 12.2 Å². The molecule has 3 nitrogen and oxygen atoms in total. The Balaban J connectivity index is 2.00. The lowest BCUT2D eigenvalue weighted by Gasteiger charge is -2.28. The first-order valence-electron chi connectivity index (χ1n) is 4.76. The van der Waals surface area contributed by atoms with Gasteiger partial charge in [-0.15, -0.1) is 0 Å². The van der Waals surface area contributed by atoms with Crippen LogP contribution in [0.5, 0.6) is 0 Å². The van der Waals surface area contributed by atoms with Crippen molar-refractivity contribution in [3.63, 3.8) is 0 Å². The van der Waals surface area contributed by atoms with Crippen LogP contribution < -0.4 is 5.73 Å². The molecule has 12 heavy (non-hydrogen) atoms. The van der Waals surface area contributed by atoms with Crippen molar-refractivity contribution in [2.24, 2.45) is 11.7 Å². The first-order valence-corrected chi connectivity index (χ1v) is 4.76. The molecule has 0 aromatic carbocycles. The minimum atomic E-state index is -0.504. The predicted octanol–water partition coefficient (Wildman–Crippen LogP) is 0.265. The van der Waals surface area contributed by atoms with Gasteiger partial charge in [0, 0.05) is 18.6 Å². The smallest absolute Gasteiger partial charge is 0.0713 e. The van der Waals surface area contributed by atoms with Crippen LogP contribution >= 0.6 is 0 Å². The molecule has 70 valence electrons. The molecule has 2 fully saturated rings. The zero-order chi connectivity index (χ0) is 8.60. The molecule has 3 heteroatoms. The standard InChI is InChI=1S/C9H17NO2/c10-8-1-3-9(11,5-8)7-2-4-12-6-7/h7-8,11H,1-6,10H2. The van der Waals surface area contributed by atoms with Gasteiger partial charge in [-0.05, 0) is 25.7 Å². The Morgan fingerprint density at radius 2 is 2.25 bits per heavy atom. The van der Waals surface area contributed by atoms with Crippen molar-refractivity contribution in [2.75, 3.05) is 13.2 Å². The second-order valence-electron chi connectivity index (χ2n) is 4.17. The molecule has 1 heterocycles. The number of aliphatic hydroxyl groups is 1. The zero-order valence-electron chi connectivity index (χ0n) is 7.33. The third-order valence-electron chi connectivity index (χ3n) is 3.25. The van der Waals surface area contributed by atoms with Gasteiger partial charge in [-0.3, -0.25) is 0 Å². The van der Waals surface area contributed by atoms with Crippen LogP contribution in [0.3, 0.4) is 0 Å². The molecule has 0 radical (unpaired) electrons. The summed E-state index contributed by atoms with van der Waals surface area (Å²) in [6.07, 6.45) is 3.60. The molecule has 3 unspecified atom stereocenters. The quantitative estimate of drug-likeness (QED) is 0.595. The minimum Gasteiger partial charge on any atom is -0.389 e. The number of ether oxygens (including phenoxy) is 1. The summed E-state index contributed by atoms with van der Waals surface area (Å²) >= 11 is 0. The number of hydrogen-bond donors (Lipinski definition) is 2. The summed E-state index contributed by atoms with van der Waals surface area (Å²) in [5, 5.41) is 10.2. The summed E-state index contributed by atoms with van der Waals surface area (Å²) in [4.78, 5) is 0. The van der Waals surface area contributed by atoms with Gasteiger partial charge in [-0.1, -0.05) is 0 Å². The molecule has 3 atom stereocenters. The van der Waals surface area contributed by atoms with E-state index in [-0.39, 0.29) is 6.04 Å². The SMILES string of the molecule is NC1CCC(O)(C2CCOC2)C1. The van der Waals surface area contributed by atoms with Gasteiger partial charge >= 0.3 is 0 Å². The van der Waals surface area contributed by atoms with Gasteiger partial charge in [-0.25, -0.2) is 0 Å². The molecule has 0 amide bonds. The summed E-state index contributed by atoms with van der Waals surface area (Å²) in [5.74, 6) is 0.339. The highest BCUT2D eigenvalue weighted by molar-refractivity contribution is 4.96. The van der Waals surface area contributed by atoms with Crippen LogP contribution in [-0.4, -0.2) is 30.0 Å². The van der Waals surface area contributed by atoms with Crippen LogP contribution in [0.4, 0.5) is 0 Å². The Morgan fingerprint density at radius 1 is 1.42 bits per heavy atom. The van der Waals surface area contributed by atoms with Crippen LogP contribution in [0, 0.1) is 5.92 Å². The van der Waals surface area contributed by atoms with E-state index in [0.29, 0.717) is 5.92 Å². The number of rotatable bonds is 1. The molecule has 0 bridgehead atoms. The normalized spacial score (nSPS) is 48.5. The van der Waals surface area contributed by atoms with Gasteiger partial charge in [0.15, 0.2) is 0 Å². The van der Waals surface area contributed by atoms with Crippen LogP contribution in [0.25, 0.3) is 0 Å². The summed E-state index contributed by atoms with van der Waals surface area (Å²) in [5.41, 5.74) is 5.27. The Hall–Kier alpha value is -0.120. The average Bonchev–Trinajstić information content (AvgIpc) is 2.59. The van der Waals surface area contributed by atoms with E-state index in [0.717, 1.165) is 38.9 Å². The van der Waals surface area contributed by atoms with E-state index in [4.69, 9.17) is 10.5 Å². The lowest BCUT2D eigenvalue weighted by molar-refractivity contribution is -0.0164. The summed E-state index contributed by atoms with van der Waals surface area (Å²) in [6.45, 7) is 1.53. The van der Waals surface area contributed by atoms with Gasteiger partial charge in [0.2, 0.25) is 0 Å². The van der Waals surface area contributed by atoms with Crippen LogP contribution in [-0.2, 0) is 4.74 Å². The molecule has 2 rings (SSSR count). The fourth-order valence-electron chi connectivity index (χ4n) is 2.42. The van der Waals surface area contributed by atoms with Gasteiger partial charge in [0.1, 0.15) is 0 Å². The van der Waals surface area contributed by atoms with Gasteiger partial charge < -0.3 is 15.6 Å². The maximum absolute atomic E-state index is 10.2. The molecule has 2 aliphatic rings. The summed E-state index contributed by atoms with van der Waals surface area (Å²) < 4.78 is 5.27. The average molecular weight is 171 g/mol. The van der Waals surface area contributed by atoms with Gasteiger partial charge in [-0.2, -0.15) is 0 Å². The molecule has 0 aromatic heterocycles. The van der Waals surface area contributed by atoms with E-state index >= 15 is 0 Å². The Kier molecular flexibility index (Phi) is 2.10. The molecule has 0 spiro atoms. The molecule has 1 aliphatic carbocycles. The lowest BCUT2D eigenvalue weighted by atomic mass is 9.85. The highest BCUT2D eigenvalue weighted by atomic mass is 16.5. The second-order valence-corrected chi connectivity index (χ2v) is 4.17. The molecular formula is C9H17NO2. The molecule has 0 aromatic rings. The van der Waals surface area contributed by atoms with Crippen molar-refractivity contribution in [1.82, 2.24) is 0 Å². The van der Waals surface area contributed by atoms with Crippen LogP contribution in [0.2, 0.25) is 0 Å². The fraction of sp³-hybridized carbons (Fsp3) is 1.00. The Morgan fingerprint density at radius 3 is 2.75 bits per heavy atom. The zero-order valence-corrected chi connectivity index (χ0v) is 7.33. The predicted molar refractivity (Wildman–Crippen MR) is 45.7 cm³/mol. The topological polar surface area (TPSA) is 55.5 Å². The first kappa shape index (κ1) is 8.48. The van der Waals surface area contributed by atoms with E-state index in [1.165, 1.54) is 0 Å². The van der Waals surface area contributed by atoms with Crippen molar-refractivity contribution in [1.29, 1.82) is 0 Å². The number of hydrogen-bond acceptors (Lipinski definition) is 3. The molecule has 3 N–H and O–H groups in total. The van der Waals surface area contributed by atoms with E-state index in [9.17, 15) is 5.11 Å². The first-order chi connectivity index (χ1) is 5.71. The van der Waals surface area contributed by atoms with Crippen LogP contribution in [0.1, 0.15) is 25.7 Å². The number of nitrogens with two attached hydrogens (primary N) is 1. The monoisotopic (exact) mass is 171 g/mol. The Bertz CT molecular complexity index is 168. The third kappa shape index (κ3) is 1.37. The summed E-state index contributed by atoms with van der Waals surface area (Å²) in [6, 6.07) is 0.204. The highest BCUT2D eigenvalue weighted by Crippen LogP contribution is 2.38. The largest absolute Gasteiger partial charge is 0.389 e. The van der Waals surface area contributed by atoms with Crippen molar-refractivity contribution in [2.45, 2.75) is 37.3 Å². The maximum atomic E-state index is 10.2. The van der Waals surface area contributed by atoms with E-state index in [1.54, 1.807) is 0 Å². The van der Waals surface area contributed by atoms with Crippen molar-refractivity contribution in [3.05, 3.63) is 0 Å². The molecular weight excluding hydrogens is 154 g/mol. The van der Waals surface area contributed by atoms with Crippen molar-refractivity contribution >= 4 is 0 Å². The second kappa shape index (κ2) is 2.98. The summed E-state index contributed by atoms with van der Waals surface area (Å²) in [7, 11) is 0. The molecule has 1 saturated heterocycles. The van der Waals surface area contributed by atoms with Crippen LogP contribution in [0.15, 0.2) is 0 Å². The fourth-order valence-corrected chi connectivity index (χ4v) is 2.42. The third-order valence-corrected chi connectivity index (χ3v) is 3.25. The van der Waals surface area contributed by atoms with Crippen molar-refractivity contribution in [3.8, 4) is 0 Å². The highest BCUT2D eigenvalue weighted by Gasteiger charge is 2.43. The van der Waals surface area contributed by atoms with E-state index in [1.807, 2.05) is 0 Å². The molecule has 1 saturated carbocycles. The minimum absolute atomic E-state index is 0.204. The molecule has 1 aliphatic heterocycles. The van der Waals surface area contributed by atoms with E-state index in [2.05, 4.69) is 0 Å². The van der Waals surface area contributed by atoms with Gasteiger partial charge in [0.25, 0.3) is 0 Å². The van der Waals surface area contributed by atoms with E-state index < -0.39 is 5.60 Å². The Labute approximate surface area is 72.9 Å². The lowest BCUT2D eigenvalue weighted by Crippen LogP contribution is -2.37. The van der Waals surface area contributed by atoms with Crippen molar-refractivity contribution < 1.29 is 9.84 Å².